The van der Waals surface area contributed by atoms with Crippen LogP contribution in [-0.2, 0) is 55.0 Å². The molecule has 9 nitrogen and oxygen atoms in total. The fourth-order valence-corrected chi connectivity index (χ4v) is 10.7. The van der Waals surface area contributed by atoms with Crippen molar-refractivity contribution in [2.45, 2.75) is 173 Å². The van der Waals surface area contributed by atoms with Crippen LogP contribution in [0.5, 0.6) is 0 Å². The van der Waals surface area contributed by atoms with Crippen LogP contribution in [0, 0.1) is 51.4 Å². The highest BCUT2D eigenvalue weighted by atomic mass is 19.4. The molecule has 0 spiro atoms. The molecule has 6 rings (SSSR count). The number of halogens is 12. The van der Waals surface area contributed by atoms with E-state index >= 15 is 0 Å². The first-order valence-electron chi connectivity index (χ1n) is 28.2. The quantitative estimate of drug-likeness (QED) is 0.0279. The van der Waals surface area contributed by atoms with Crippen molar-refractivity contribution < 1.29 is 90.5 Å². The van der Waals surface area contributed by atoms with Crippen LogP contribution in [0.1, 0.15) is 142 Å². The molecule has 22 heteroatoms. The second kappa shape index (κ2) is 27.8. The monoisotopic (exact) mass is 1250 g/mol. The van der Waals surface area contributed by atoms with Crippen molar-refractivity contribution in [3.8, 4) is 34.8 Å². The molecule has 1 aromatic heterocycles. The van der Waals surface area contributed by atoms with Crippen molar-refractivity contribution in [3.63, 3.8) is 0 Å². The Kier molecular flexibility index (Phi) is 22.8. The van der Waals surface area contributed by atoms with Crippen LogP contribution in [0.25, 0.3) is 11.1 Å². The minimum atomic E-state index is -5.87. The summed E-state index contributed by atoms with van der Waals surface area (Å²) in [5, 5.41) is 0. The van der Waals surface area contributed by atoms with Crippen LogP contribution in [-0.4, -0.2) is 100 Å². The maximum Gasteiger partial charge on any atom is 0.495 e. The van der Waals surface area contributed by atoms with Gasteiger partial charge in [-0.1, -0.05) is 106 Å². The topological polar surface area (TPSA) is 94.6 Å². The van der Waals surface area contributed by atoms with Crippen molar-refractivity contribution in [1.29, 1.82) is 0 Å². The summed E-state index contributed by atoms with van der Waals surface area (Å²) in [5.41, 5.74) is -1.43. The van der Waals surface area contributed by atoms with Gasteiger partial charge in [-0.25, -0.2) is 0 Å². The SMILES string of the molecule is CCC(CC)(c1ccc(C#CC(OCOC)(C(F)(F)F)C(F)(F)F)c(C)c1)c1ccc(-c2cncc(CC(=O)OC)c2)c(C)c1.CCC(CC)(c1ccc(C#CC(OCOC)(C(F)(F)F)C(F)(F)F)c(C)c1)c1ccc(B2OC(C)(C)C(C)(C)O2)c(C)c1. The van der Waals surface area contributed by atoms with Crippen molar-refractivity contribution in [1.82, 2.24) is 4.98 Å². The van der Waals surface area contributed by atoms with Gasteiger partial charge in [0.1, 0.15) is 13.6 Å². The number of hydrogen-bond donors (Lipinski definition) is 0. The van der Waals surface area contributed by atoms with Gasteiger partial charge in [-0.05, 0) is 167 Å². The Morgan fingerprint density at radius 3 is 1.24 bits per heavy atom. The highest BCUT2D eigenvalue weighted by Gasteiger charge is 2.73. The number of ether oxygens (including phenoxy) is 5. The average molecular weight is 1250 g/mol. The molecule has 0 bridgehead atoms. The molecule has 1 aliphatic heterocycles. The van der Waals surface area contributed by atoms with Gasteiger partial charge in [0.2, 0.25) is 0 Å². The zero-order valence-electron chi connectivity index (χ0n) is 51.9. The second-order valence-electron chi connectivity index (χ2n) is 22.6. The van der Waals surface area contributed by atoms with Crippen molar-refractivity contribution in [2.75, 3.05) is 34.9 Å². The van der Waals surface area contributed by atoms with E-state index in [0.29, 0.717) is 42.4 Å². The van der Waals surface area contributed by atoms with E-state index < -0.39 is 78.6 Å². The molecule has 1 saturated heterocycles. The highest BCUT2D eigenvalue weighted by Crippen LogP contribution is 2.48. The number of benzene rings is 4. The molecule has 1 fully saturated rings. The zero-order valence-corrected chi connectivity index (χ0v) is 51.9. The third-order valence-corrected chi connectivity index (χ3v) is 16.9. The largest absolute Gasteiger partial charge is 0.495 e. The summed E-state index contributed by atoms with van der Waals surface area (Å²) in [5.74, 6) is 6.49. The van der Waals surface area contributed by atoms with Crippen LogP contribution >= 0.6 is 0 Å². The second-order valence-corrected chi connectivity index (χ2v) is 22.6. The number of alkyl halides is 12. The Morgan fingerprint density at radius 2 is 0.898 bits per heavy atom. The van der Waals surface area contributed by atoms with Crippen LogP contribution in [0.4, 0.5) is 52.7 Å². The van der Waals surface area contributed by atoms with E-state index in [1.165, 1.54) is 31.1 Å². The number of nitrogens with zero attached hydrogens (tertiary/aromatic N) is 1. The molecule has 1 aliphatic rings. The van der Waals surface area contributed by atoms with Gasteiger partial charge in [0.05, 0.1) is 24.7 Å². The molecule has 0 atom stereocenters. The van der Waals surface area contributed by atoms with E-state index in [-0.39, 0.29) is 23.5 Å². The molecule has 478 valence electrons. The Hall–Kier alpha value is -6.40. The normalized spacial score (nSPS) is 14.7. The van der Waals surface area contributed by atoms with Crippen LogP contribution < -0.4 is 5.46 Å². The lowest BCUT2D eigenvalue weighted by Gasteiger charge is -2.34. The van der Waals surface area contributed by atoms with Crippen molar-refractivity contribution >= 4 is 18.6 Å². The van der Waals surface area contributed by atoms with Gasteiger partial charge >= 0.3 is 49.0 Å². The van der Waals surface area contributed by atoms with E-state index in [2.05, 4.69) is 47.9 Å². The van der Waals surface area contributed by atoms with Crippen LogP contribution in [0.15, 0.2) is 91.3 Å². The highest BCUT2D eigenvalue weighted by molar-refractivity contribution is 6.62. The lowest BCUT2D eigenvalue weighted by atomic mass is 9.68. The maximum absolute atomic E-state index is 13.7. The summed E-state index contributed by atoms with van der Waals surface area (Å²) < 4.78 is 199. The molecule has 0 amide bonds. The molecule has 88 heavy (non-hydrogen) atoms. The smallest absolute Gasteiger partial charge is 0.469 e. The number of carbonyl (C=O) groups is 1. The summed E-state index contributed by atoms with van der Waals surface area (Å²) in [4.78, 5) is 16.0. The fraction of sp³-hybridized carbons (Fsp3) is 0.485. The Labute approximate surface area is 507 Å². The maximum atomic E-state index is 13.7. The number of aromatic nitrogens is 1. The number of hydrogen-bond acceptors (Lipinski definition) is 9. The molecule has 2 heterocycles. The molecular formula is C66H74BF12NO8. The van der Waals surface area contributed by atoms with Gasteiger partial charge < -0.3 is 33.0 Å². The summed E-state index contributed by atoms with van der Waals surface area (Å²) in [6.45, 7) is 20.7. The Morgan fingerprint density at radius 1 is 0.523 bits per heavy atom. The molecule has 4 aromatic carbocycles. The number of carbonyl (C=O) groups excluding carboxylic acids is 1. The zero-order chi connectivity index (χ0) is 66.3. The van der Waals surface area contributed by atoms with Gasteiger partial charge in [0, 0.05) is 54.1 Å². The van der Waals surface area contributed by atoms with E-state index in [1.807, 2.05) is 99.6 Å². The van der Waals surface area contributed by atoms with Gasteiger partial charge in [-0.2, -0.15) is 52.7 Å². The van der Waals surface area contributed by atoms with E-state index in [0.717, 1.165) is 64.2 Å². The van der Waals surface area contributed by atoms with Crippen LogP contribution in [0.2, 0.25) is 0 Å². The predicted molar refractivity (Wildman–Crippen MR) is 311 cm³/mol. The van der Waals surface area contributed by atoms with Crippen molar-refractivity contribution in [2.24, 2.45) is 0 Å². The third kappa shape index (κ3) is 14.8. The summed E-state index contributed by atoms with van der Waals surface area (Å²) in [7, 11) is 2.64. The number of methoxy groups -OCH3 is 3. The lowest BCUT2D eigenvalue weighted by molar-refractivity contribution is -0.368. The minimum absolute atomic E-state index is 0.00427. The fourth-order valence-electron chi connectivity index (χ4n) is 10.7. The number of aryl methyl sites for hydroxylation is 4. The van der Waals surface area contributed by atoms with Crippen LogP contribution in [0.3, 0.4) is 0 Å². The first-order valence-corrected chi connectivity index (χ1v) is 28.2. The number of rotatable bonds is 18. The van der Waals surface area contributed by atoms with Gasteiger partial charge in [-0.15, -0.1) is 0 Å². The minimum Gasteiger partial charge on any atom is -0.469 e. The van der Waals surface area contributed by atoms with E-state index in [4.69, 9.17) is 14.0 Å². The third-order valence-electron chi connectivity index (χ3n) is 16.9. The van der Waals surface area contributed by atoms with Gasteiger partial charge in [0.25, 0.3) is 0 Å². The number of pyridine rings is 1. The first kappa shape index (κ1) is 72.4. The molecule has 0 radical (unpaired) electrons. The predicted octanol–water partition coefficient (Wildman–Crippen LogP) is 15.6. The van der Waals surface area contributed by atoms with Crippen molar-refractivity contribution in [3.05, 3.63) is 152 Å². The first-order chi connectivity index (χ1) is 40.8. The molecule has 0 unspecified atom stereocenters. The Bertz CT molecular complexity index is 3330. The van der Waals surface area contributed by atoms with Gasteiger partial charge in [0.15, 0.2) is 0 Å². The lowest BCUT2D eigenvalue weighted by Crippen LogP contribution is -2.58. The summed E-state index contributed by atoms with van der Waals surface area (Å²) in [6, 6.07) is 23.8. The average Bonchev–Trinajstić information content (AvgIpc) is 3.06. The Balaban J connectivity index is 0.000000321. The number of esters is 1. The summed E-state index contributed by atoms with van der Waals surface area (Å²) >= 11 is 0. The van der Waals surface area contributed by atoms with Gasteiger partial charge in [-0.3, -0.25) is 9.78 Å². The molecule has 5 aromatic rings. The van der Waals surface area contributed by atoms with E-state index in [9.17, 15) is 57.5 Å². The molecule has 0 saturated carbocycles. The molecule has 0 aliphatic carbocycles. The molecular weight excluding hydrogens is 1170 g/mol. The standard InChI is InChI=1S/C34H35F6NO4.C32H39BF6O4/c1-7-31(8-2,28-11-12-29(23(4)16-28)26-17-24(19-41-20-26)18-30(42)44-6)27-10-9-25(22(3)15-27)13-14-32(33(35,36)37,34(38,39)40)45-21-43-5;1-10-29(11-2,25-14-15-26(22(4)19-25)33-42-27(5,6)28(7,8)43-33)24-13-12-23(21(3)18-24)16-17-30(31(34,35)36,32(37,38)39)41-20-40-9/h9-12,15-17,19-20H,7-8,18,21H2,1-6H3;12-15,18-19H,10-11,20H2,1-9H3. The van der Waals surface area contributed by atoms with E-state index in [1.54, 1.807) is 50.5 Å². The summed E-state index contributed by atoms with van der Waals surface area (Å²) in [6.07, 6.45) is -17.3. The molecule has 0 N–H and O–H groups in total.